The molecular formula is C16H23NO2. The van der Waals surface area contributed by atoms with Gasteiger partial charge in [-0.1, -0.05) is 45.0 Å². The molecule has 1 aliphatic heterocycles. The number of hydrogen-bond acceptors (Lipinski definition) is 2. The van der Waals surface area contributed by atoms with Crippen molar-refractivity contribution in [2.45, 2.75) is 51.0 Å². The number of carbonyl (C=O) groups is 1. The molecule has 1 heterocycles. The molecule has 0 aliphatic carbocycles. The number of nitrogens with one attached hydrogen (secondary N) is 1. The average molecular weight is 261 g/mol. The third-order valence-corrected chi connectivity index (χ3v) is 3.98. The summed E-state index contributed by atoms with van der Waals surface area (Å²) in [5.74, 6) is -0.732. The molecule has 0 amide bonds. The molecule has 3 nitrogen and oxygen atoms in total. The molecule has 1 aromatic rings. The SMILES string of the molecule is CC(C)(C)c1ccc(CC2(C(=O)O)CCCN2)cc1. The summed E-state index contributed by atoms with van der Waals surface area (Å²) in [5, 5.41) is 12.6. The van der Waals surface area contributed by atoms with Crippen LogP contribution in [0, 0.1) is 0 Å². The smallest absolute Gasteiger partial charge is 0.324 e. The second-order valence-electron chi connectivity index (χ2n) is 6.54. The van der Waals surface area contributed by atoms with Crippen LogP contribution in [0.3, 0.4) is 0 Å². The van der Waals surface area contributed by atoms with E-state index in [1.165, 1.54) is 5.56 Å². The Morgan fingerprint density at radius 2 is 1.95 bits per heavy atom. The third-order valence-electron chi connectivity index (χ3n) is 3.98. The van der Waals surface area contributed by atoms with Crippen LogP contribution in [0.15, 0.2) is 24.3 Å². The normalized spacial score (nSPS) is 23.5. The molecule has 0 radical (unpaired) electrons. The number of carboxylic acid groups (broad SMARTS) is 1. The van der Waals surface area contributed by atoms with Gasteiger partial charge >= 0.3 is 5.97 Å². The van der Waals surface area contributed by atoms with Crippen LogP contribution in [0.1, 0.15) is 44.7 Å². The minimum absolute atomic E-state index is 0.134. The Kier molecular flexibility index (Phi) is 3.68. The summed E-state index contributed by atoms with van der Waals surface area (Å²) in [5.41, 5.74) is 1.74. The van der Waals surface area contributed by atoms with Crippen LogP contribution >= 0.6 is 0 Å². The Balaban J connectivity index is 2.17. The van der Waals surface area contributed by atoms with Crippen molar-refractivity contribution >= 4 is 5.97 Å². The first kappa shape index (κ1) is 14.1. The van der Waals surface area contributed by atoms with E-state index in [0.29, 0.717) is 12.8 Å². The zero-order valence-electron chi connectivity index (χ0n) is 12.0. The lowest BCUT2D eigenvalue weighted by Gasteiger charge is -2.25. The van der Waals surface area contributed by atoms with Gasteiger partial charge < -0.3 is 10.4 Å². The molecule has 1 saturated heterocycles. The molecule has 1 atom stereocenters. The average Bonchev–Trinajstić information content (AvgIpc) is 2.78. The van der Waals surface area contributed by atoms with E-state index in [-0.39, 0.29) is 5.41 Å². The van der Waals surface area contributed by atoms with Gasteiger partial charge in [0.25, 0.3) is 0 Å². The Bertz CT molecular complexity index is 451. The van der Waals surface area contributed by atoms with Crippen molar-refractivity contribution in [2.24, 2.45) is 0 Å². The minimum Gasteiger partial charge on any atom is -0.480 e. The molecule has 104 valence electrons. The summed E-state index contributed by atoms with van der Waals surface area (Å²) >= 11 is 0. The van der Waals surface area contributed by atoms with Gasteiger partial charge in [-0.3, -0.25) is 4.79 Å². The fourth-order valence-corrected chi connectivity index (χ4v) is 2.69. The summed E-state index contributed by atoms with van der Waals surface area (Å²) in [7, 11) is 0. The fraction of sp³-hybridized carbons (Fsp3) is 0.562. The lowest BCUT2D eigenvalue weighted by atomic mass is 9.84. The van der Waals surface area contributed by atoms with E-state index < -0.39 is 11.5 Å². The lowest BCUT2D eigenvalue weighted by molar-refractivity contribution is -0.144. The maximum absolute atomic E-state index is 11.5. The maximum atomic E-state index is 11.5. The summed E-state index contributed by atoms with van der Waals surface area (Å²) in [6, 6.07) is 8.34. The van der Waals surface area contributed by atoms with Gasteiger partial charge in [0, 0.05) is 6.42 Å². The molecule has 0 spiro atoms. The quantitative estimate of drug-likeness (QED) is 0.879. The van der Waals surface area contributed by atoms with Crippen LogP contribution in [0.25, 0.3) is 0 Å². The Hall–Kier alpha value is -1.35. The molecule has 0 bridgehead atoms. The van der Waals surface area contributed by atoms with Crippen LogP contribution in [-0.4, -0.2) is 23.2 Å². The highest BCUT2D eigenvalue weighted by atomic mass is 16.4. The standard InChI is InChI=1S/C16H23NO2/c1-15(2,3)13-7-5-12(6-8-13)11-16(14(18)19)9-4-10-17-16/h5-8,17H,4,9-11H2,1-3H3,(H,18,19). The fourth-order valence-electron chi connectivity index (χ4n) is 2.69. The molecule has 2 N–H and O–H groups in total. The summed E-state index contributed by atoms with van der Waals surface area (Å²) in [4.78, 5) is 11.5. The second-order valence-corrected chi connectivity index (χ2v) is 6.54. The van der Waals surface area contributed by atoms with E-state index in [4.69, 9.17) is 0 Å². The molecule has 3 heteroatoms. The number of aliphatic carboxylic acids is 1. The molecule has 1 unspecified atom stereocenters. The highest BCUT2D eigenvalue weighted by molar-refractivity contribution is 5.79. The number of hydrogen-bond donors (Lipinski definition) is 2. The summed E-state index contributed by atoms with van der Waals surface area (Å²) in [6.45, 7) is 7.34. The van der Waals surface area contributed by atoms with E-state index in [2.05, 4.69) is 50.4 Å². The number of rotatable bonds is 3. The van der Waals surface area contributed by atoms with Crippen LogP contribution in [0.4, 0.5) is 0 Å². The first-order chi connectivity index (χ1) is 8.83. The topological polar surface area (TPSA) is 49.3 Å². The van der Waals surface area contributed by atoms with E-state index in [9.17, 15) is 9.90 Å². The molecule has 1 aliphatic rings. The monoisotopic (exact) mass is 261 g/mol. The van der Waals surface area contributed by atoms with Gasteiger partial charge in [-0.05, 0) is 35.9 Å². The van der Waals surface area contributed by atoms with E-state index in [1.807, 2.05) is 0 Å². The highest BCUT2D eigenvalue weighted by Gasteiger charge is 2.40. The molecule has 0 saturated carbocycles. The van der Waals surface area contributed by atoms with Gasteiger partial charge in [0.2, 0.25) is 0 Å². The first-order valence-electron chi connectivity index (χ1n) is 6.91. The van der Waals surface area contributed by atoms with Gasteiger partial charge in [-0.15, -0.1) is 0 Å². The maximum Gasteiger partial charge on any atom is 0.324 e. The van der Waals surface area contributed by atoms with Gasteiger partial charge in [0.1, 0.15) is 5.54 Å². The number of carboxylic acids is 1. The zero-order chi connectivity index (χ0) is 14.1. The van der Waals surface area contributed by atoms with Crippen LogP contribution < -0.4 is 5.32 Å². The van der Waals surface area contributed by atoms with Crippen molar-refractivity contribution in [1.29, 1.82) is 0 Å². The van der Waals surface area contributed by atoms with E-state index in [1.54, 1.807) is 0 Å². The molecule has 0 aromatic heterocycles. The molecule has 2 rings (SSSR count). The van der Waals surface area contributed by atoms with E-state index in [0.717, 1.165) is 18.5 Å². The highest BCUT2D eigenvalue weighted by Crippen LogP contribution is 2.27. The molecule has 1 aromatic carbocycles. The van der Waals surface area contributed by atoms with Gasteiger partial charge in [-0.25, -0.2) is 0 Å². The van der Waals surface area contributed by atoms with Gasteiger partial charge in [0.15, 0.2) is 0 Å². The van der Waals surface area contributed by atoms with Crippen molar-refractivity contribution in [1.82, 2.24) is 5.32 Å². The predicted molar refractivity (Wildman–Crippen MR) is 76.4 cm³/mol. The van der Waals surface area contributed by atoms with Gasteiger partial charge in [-0.2, -0.15) is 0 Å². The van der Waals surface area contributed by atoms with Crippen LogP contribution in [-0.2, 0) is 16.6 Å². The van der Waals surface area contributed by atoms with Crippen molar-refractivity contribution in [3.05, 3.63) is 35.4 Å². The summed E-state index contributed by atoms with van der Waals surface area (Å²) in [6.07, 6.45) is 2.21. The number of benzene rings is 1. The first-order valence-corrected chi connectivity index (χ1v) is 6.91. The minimum atomic E-state index is -0.761. The van der Waals surface area contributed by atoms with E-state index >= 15 is 0 Å². The van der Waals surface area contributed by atoms with Crippen LogP contribution in [0.5, 0.6) is 0 Å². The van der Waals surface area contributed by atoms with Crippen molar-refractivity contribution in [2.75, 3.05) is 6.54 Å². The predicted octanol–water partition coefficient (Wildman–Crippen LogP) is 2.73. The lowest BCUT2D eigenvalue weighted by Crippen LogP contribution is -2.49. The van der Waals surface area contributed by atoms with Crippen molar-refractivity contribution < 1.29 is 9.90 Å². The Labute approximate surface area is 115 Å². The third kappa shape index (κ3) is 2.98. The second kappa shape index (κ2) is 4.97. The Morgan fingerprint density at radius 3 is 2.37 bits per heavy atom. The van der Waals surface area contributed by atoms with Crippen molar-refractivity contribution in [3.8, 4) is 0 Å². The van der Waals surface area contributed by atoms with Crippen LogP contribution in [0.2, 0.25) is 0 Å². The molecular weight excluding hydrogens is 238 g/mol. The van der Waals surface area contributed by atoms with Crippen molar-refractivity contribution in [3.63, 3.8) is 0 Å². The summed E-state index contributed by atoms with van der Waals surface area (Å²) < 4.78 is 0. The largest absolute Gasteiger partial charge is 0.480 e. The zero-order valence-corrected chi connectivity index (χ0v) is 12.0. The molecule has 1 fully saturated rings. The Morgan fingerprint density at radius 1 is 1.32 bits per heavy atom. The molecule has 19 heavy (non-hydrogen) atoms. The van der Waals surface area contributed by atoms with Gasteiger partial charge in [0.05, 0.1) is 0 Å².